The molecular weight excluding hydrogens is 376 g/mol. The van der Waals surface area contributed by atoms with Gasteiger partial charge >= 0.3 is 23.9 Å². The molecule has 0 aliphatic rings. The number of aromatic carboxylic acids is 4. The van der Waals surface area contributed by atoms with Crippen LogP contribution in [0.4, 0.5) is 0 Å². The molecule has 0 aromatic heterocycles. The Bertz CT molecular complexity index is 1200. The number of carbonyl (C=O) groups is 4. The highest BCUT2D eigenvalue weighted by Crippen LogP contribution is 2.39. The molecule has 4 N–H and O–H groups in total. The van der Waals surface area contributed by atoms with Gasteiger partial charge in [0.25, 0.3) is 0 Å². The number of carboxylic acid groups (broad SMARTS) is 4. The normalized spacial score (nSPS) is 10.9. The van der Waals surface area contributed by atoms with E-state index in [0.29, 0.717) is 10.8 Å². The molecule has 3 aromatic carbocycles. The van der Waals surface area contributed by atoms with Crippen LogP contribution >= 0.6 is 12.6 Å². The van der Waals surface area contributed by atoms with E-state index in [4.69, 9.17) is 0 Å². The van der Waals surface area contributed by atoms with E-state index < -0.39 is 46.1 Å². The van der Waals surface area contributed by atoms with Crippen LogP contribution in [0.3, 0.4) is 0 Å². The molecule has 3 rings (SSSR count). The Balaban J connectivity index is 2.81. The lowest BCUT2D eigenvalue weighted by molar-refractivity contribution is 0.0621. The fourth-order valence-electron chi connectivity index (χ4n) is 3.15. The maximum absolute atomic E-state index is 11.8. The van der Waals surface area contributed by atoms with Crippen LogP contribution in [0.25, 0.3) is 21.5 Å². The Morgan fingerprint density at radius 2 is 1.15 bits per heavy atom. The van der Waals surface area contributed by atoms with Crippen molar-refractivity contribution in [2.75, 3.05) is 0 Å². The zero-order chi connectivity index (χ0) is 20.0. The van der Waals surface area contributed by atoms with Gasteiger partial charge in [0.2, 0.25) is 0 Å². The summed E-state index contributed by atoms with van der Waals surface area (Å²) in [6, 6.07) is 7.85. The molecule has 0 amide bonds. The van der Waals surface area contributed by atoms with Gasteiger partial charge in [-0.1, -0.05) is 24.3 Å². The molecule has 8 nitrogen and oxygen atoms in total. The van der Waals surface area contributed by atoms with Crippen molar-refractivity contribution in [2.45, 2.75) is 4.90 Å². The van der Waals surface area contributed by atoms with Crippen molar-refractivity contribution in [2.24, 2.45) is 0 Å². The van der Waals surface area contributed by atoms with Gasteiger partial charge in [-0.05, 0) is 22.2 Å². The fourth-order valence-corrected chi connectivity index (χ4v) is 3.59. The van der Waals surface area contributed by atoms with Gasteiger partial charge < -0.3 is 20.4 Å². The molecule has 0 radical (unpaired) electrons. The highest BCUT2D eigenvalue weighted by molar-refractivity contribution is 7.80. The first-order valence-electron chi connectivity index (χ1n) is 7.34. The van der Waals surface area contributed by atoms with E-state index in [2.05, 4.69) is 12.6 Å². The molecule has 0 unspecified atom stereocenters. The lowest BCUT2D eigenvalue weighted by atomic mass is 9.87. The summed E-state index contributed by atoms with van der Waals surface area (Å²) in [4.78, 5) is 47.1. The smallest absolute Gasteiger partial charge is 0.337 e. The predicted octanol–water partition coefficient (Wildman–Crippen LogP) is 3.07. The Morgan fingerprint density at radius 1 is 0.667 bits per heavy atom. The minimum Gasteiger partial charge on any atom is -0.478 e. The van der Waals surface area contributed by atoms with Crippen LogP contribution in [0.5, 0.6) is 0 Å². The Kier molecular flexibility index (Phi) is 4.24. The summed E-state index contributed by atoms with van der Waals surface area (Å²) in [6.07, 6.45) is 0. The third-order valence-corrected chi connectivity index (χ3v) is 4.61. The van der Waals surface area contributed by atoms with E-state index in [-0.39, 0.29) is 15.7 Å². The molecule has 0 saturated heterocycles. The highest BCUT2D eigenvalue weighted by Gasteiger charge is 2.34. The van der Waals surface area contributed by atoms with E-state index in [9.17, 15) is 39.6 Å². The molecule has 0 spiro atoms. The average molecular weight is 386 g/mol. The summed E-state index contributed by atoms with van der Waals surface area (Å²) < 4.78 is 0. The Hall–Kier alpha value is -3.59. The lowest BCUT2D eigenvalue weighted by Gasteiger charge is -2.17. The monoisotopic (exact) mass is 386 g/mol. The number of fused-ring (bicyclic) bond motifs is 2. The summed E-state index contributed by atoms with van der Waals surface area (Å²) >= 11 is 4.30. The largest absolute Gasteiger partial charge is 0.478 e. The van der Waals surface area contributed by atoms with Crippen LogP contribution < -0.4 is 0 Å². The van der Waals surface area contributed by atoms with E-state index in [1.807, 2.05) is 0 Å². The van der Waals surface area contributed by atoms with E-state index in [1.54, 1.807) is 24.3 Å². The van der Waals surface area contributed by atoms with Crippen molar-refractivity contribution in [3.05, 3.63) is 52.6 Å². The second kappa shape index (κ2) is 6.29. The van der Waals surface area contributed by atoms with Crippen LogP contribution in [0.15, 0.2) is 35.2 Å². The van der Waals surface area contributed by atoms with Crippen LogP contribution in [-0.4, -0.2) is 44.3 Å². The van der Waals surface area contributed by atoms with Crippen LogP contribution in [-0.2, 0) is 0 Å². The standard InChI is InChI=1S/C18H10O8S/c19-15(20)10-8-5-6-3-1-2-4-7(6)14(27)9(8)11(16(21)22)13(18(25)26)12(10)17(23)24/h1-5,27H,(H,19,20)(H,21,22)(H,23,24)(H,25,26). The van der Waals surface area contributed by atoms with Crippen molar-refractivity contribution in [3.8, 4) is 0 Å². The number of carboxylic acids is 4. The van der Waals surface area contributed by atoms with Gasteiger partial charge in [0.15, 0.2) is 0 Å². The fraction of sp³-hybridized carbons (Fsp3) is 0. The van der Waals surface area contributed by atoms with Gasteiger partial charge in [-0.3, -0.25) is 0 Å². The first kappa shape index (κ1) is 18.2. The molecule has 0 aliphatic heterocycles. The average Bonchev–Trinajstić information content (AvgIpc) is 2.59. The van der Waals surface area contributed by atoms with Gasteiger partial charge in [-0.15, -0.1) is 12.6 Å². The molecule has 0 atom stereocenters. The maximum Gasteiger partial charge on any atom is 0.337 e. The van der Waals surface area contributed by atoms with Crippen LogP contribution in [0.1, 0.15) is 41.4 Å². The highest BCUT2D eigenvalue weighted by atomic mass is 32.1. The minimum atomic E-state index is -1.87. The third-order valence-electron chi connectivity index (χ3n) is 4.15. The molecule has 27 heavy (non-hydrogen) atoms. The van der Waals surface area contributed by atoms with Crippen molar-refractivity contribution in [3.63, 3.8) is 0 Å². The summed E-state index contributed by atoms with van der Waals surface area (Å²) in [5, 5.41) is 38.6. The molecule has 0 aliphatic carbocycles. The molecule has 0 fully saturated rings. The number of rotatable bonds is 4. The SMILES string of the molecule is O=C(O)c1c(C(=O)O)c(C(=O)O)c2c(S)c3ccccc3cc2c1C(=O)O. The first-order valence-corrected chi connectivity index (χ1v) is 7.79. The number of hydrogen-bond donors (Lipinski definition) is 5. The van der Waals surface area contributed by atoms with Gasteiger partial charge in [-0.2, -0.15) is 0 Å². The van der Waals surface area contributed by atoms with Crippen molar-refractivity contribution < 1.29 is 39.6 Å². The summed E-state index contributed by atoms with van der Waals surface area (Å²) in [5.41, 5.74) is -3.83. The summed E-state index contributed by atoms with van der Waals surface area (Å²) in [5.74, 6) is -7.12. The van der Waals surface area contributed by atoms with Crippen molar-refractivity contribution in [1.82, 2.24) is 0 Å². The van der Waals surface area contributed by atoms with Gasteiger partial charge in [0, 0.05) is 10.3 Å². The molecule has 136 valence electrons. The quantitative estimate of drug-likeness (QED) is 0.339. The van der Waals surface area contributed by atoms with Crippen LogP contribution in [0, 0.1) is 0 Å². The second-order valence-corrected chi connectivity index (χ2v) is 6.04. The molecule has 0 saturated carbocycles. The minimum absolute atomic E-state index is 0.0439. The second-order valence-electron chi connectivity index (χ2n) is 5.59. The van der Waals surface area contributed by atoms with Crippen LogP contribution in [0.2, 0.25) is 0 Å². The van der Waals surface area contributed by atoms with Gasteiger partial charge in [0.1, 0.15) is 0 Å². The number of thiol groups is 1. The molecule has 3 aromatic rings. The summed E-state index contributed by atoms with van der Waals surface area (Å²) in [7, 11) is 0. The third kappa shape index (κ3) is 2.64. The topological polar surface area (TPSA) is 149 Å². The Morgan fingerprint density at radius 3 is 1.67 bits per heavy atom. The first-order chi connectivity index (χ1) is 12.7. The number of benzene rings is 3. The number of hydrogen-bond acceptors (Lipinski definition) is 5. The van der Waals surface area contributed by atoms with E-state index in [1.165, 1.54) is 6.07 Å². The molecule has 9 heteroatoms. The zero-order valence-corrected chi connectivity index (χ0v) is 14.2. The van der Waals surface area contributed by atoms with Crippen molar-refractivity contribution in [1.29, 1.82) is 0 Å². The maximum atomic E-state index is 11.8. The summed E-state index contributed by atoms with van der Waals surface area (Å²) in [6.45, 7) is 0. The van der Waals surface area contributed by atoms with E-state index >= 15 is 0 Å². The van der Waals surface area contributed by atoms with Gasteiger partial charge in [-0.25, -0.2) is 19.2 Å². The molecule has 0 heterocycles. The molecule has 0 bridgehead atoms. The lowest BCUT2D eigenvalue weighted by Crippen LogP contribution is -2.20. The molecular formula is C18H10O8S. The van der Waals surface area contributed by atoms with E-state index in [0.717, 1.165) is 0 Å². The Labute approximate surface area is 155 Å². The van der Waals surface area contributed by atoms with Crippen molar-refractivity contribution >= 4 is 58.1 Å². The zero-order valence-electron chi connectivity index (χ0n) is 13.3. The predicted molar refractivity (Wildman–Crippen MR) is 96.5 cm³/mol. The van der Waals surface area contributed by atoms with Gasteiger partial charge in [0.05, 0.1) is 22.3 Å².